The summed E-state index contributed by atoms with van der Waals surface area (Å²) in [5, 5.41) is 7.96. The molecule has 0 aliphatic rings. The number of hydrogen-bond acceptors (Lipinski definition) is 5. The highest BCUT2D eigenvalue weighted by Crippen LogP contribution is 2.39. The van der Waals surface area contributed by atoms with Crippen molar-refractivity contribution in [2.24, 2.45) is 5.73 Å². The van der Waals surface area contributed by atoms with Gasteiger partial charge >= 0.3 is 0 Å². The van der Waals surface area contributed by atoms with E-state index >= 15 is 0 Å². The van der Waals surface area contributed by atoms with E-state index in [-0.39, 0.29) is 15.4 Å². The lowest BCUT2D eigenvalue weighted by atomic mass is 10.0. The number of benzene rings is 2. The van der Waals surface area contributed by atoms with E-state index in [9.17, 15) is 18.4 Å². The molecule has 3 heterocycles. The fourth-order valence-electron chi connectivity index (χ4n) is 4.28. The SMILES string of the molecule is Cc1cc(C(F)F)nc2sc(C(N)=O)c(NC(=O)c3c(-c4ccccc4)nn(-c4ccccc4)c3C)c12. The molecule has 0 saturated heterocycles. The number of amides is 2. The van der Waals surface area contributed by atoms with Gasteiger partial charge in [-0.2, -0.15) is 5.10 Å². The second kappa shape index (κ2) is 9.55. The minimum absolute atomic E-state index is 0.0275. The molecule has 2 amide bonds. The zero-order valence-electron chi connectivity index (χ0n) is 19.8. The van der Waals surface area contributed by atoms with Gasteiger partial charge in [-0.1, -0.05) is 48.5 Å². The Morgan fingerprint density at radius 2 is 1.68 bits per heavy atom. The van der Waals surface area contributed by atoms with Crippen molar-refractivity contribution >= 4 is 39.1 Å². The number of alkyl halides is 2. The second-order valence-electron chi connectivity index (χ2n) is 8.39. The molecule has 37 heavy (non-hydrogen) atoms. The number of carbonyl (C=O) groups excluding carboxylic acids is 2. The molecule has 5 aromatic rings. The van der Waals surface area contributed by atoms with Crippen LogP contribution in [0.4, 0.5) is 14.5 Å². The maximum absolute atomic E-state index is 13.8. The maximum atomic E-state index is 13.8. The van der Waals surface area contributed by atoms with Crippen LogP contribution in [0.15, 0.2) is 66.7 Å². The van der Waals surface area contributed by atoms with Crippen LogP contribution in [-0.2, 0) is 0 Å². The fourth-order valence-corrected chi connectivity index (χ4v) is 5.35. The summed E-state index contributed by atoms with van der Waals surface area (Å²) in [6.07, 6.45) is -2.78. The van der Waals surface area contributed by atoms with Crippen LogP contribution < -0.4 is 11.1 Å². The molecule has 0 bridgehead atoms. The molecule has 186 valence electrons. The first-order chi connectivity index (χ1) is 17.8. The predicted octanol–water partition coefficient (Wildman–Crippen LogP) is 6.05. The van der Waals surface area contributed by atoms with Crippen molar-refractivity contribution < 1.29 is 18.4 Å². The summed E-state index contributed by atoms with van der Waals surface area (Å²) < 4.78 is 28.4. The topological polar surface area (TPSA) is 103 Å². The first kappa shape index (κ1) is 24.3. The largest absolute Gasteiger partial charge is 0.365 e. The third-order valence-electron chi connectivity index (χ3n) is 5.96. The highest BCUT2D eigenvalue weighted by molar-refractivity contribution is 7.21. The summed E-state index contributed by atoms with van der Waals surface area (Å²) in [6.45, 7) is 3.40. The predicted molar refractivity (Wildman–Crippen MR) is 140 cm³/mol. The number of nitrogens with one attached hydrogen (secondary N) is 1. The fraction of sp³-hybridized carbons (Fsp3) is 0.111. The summed E-state index contributed by atoms with van der Waals surface area (Å²) >= 11 is 0.867. The minimum Gasteiger partial charge on any atom is -0.365 e. The van der Waals surface area contributed by atoms with Crippen molar-refractivity contribution in [1.29, 1.82) is 0 Å². The van der Waals surface area contributed by atoms with E-state index in [1.54, 1.807) is 18.5 Å². The van der Waals surface area contributed by atoms with Gasteiger partial charge < -0.3 is 11.1 Å². The second-order valence-corrected chi connectivity index (χ2v) is 9.39. The average molecular weight is 518 g/mol. The van der Waals surface area contributed by atoms with Gasteiger partial charge in [0.25, 0.3) is 18.2 Å². The molecule has 0 spiro atoms. The average Bonchev–Trinajstić information content (AvgIpc) is 3.43. The number of thiophene rings is 1. The van der Waals surface area contributed by atoms with E-state index in [1.165, 1.54) is 6.07 Å². The minimum atomic E-state index is -2.78. The molecule has 10 heteroatoms. The van der Waals surface area contributed by atoms with Gasteiger partial charge in [0.2, 0.25) is 0 Å². The van der Waals surface area contributed by atoms with Crippen LogP contribution in [0.2, 0.25) is 0 Å². The molecular formula is C27H21F2N5O2S. The quantitative estimate of drug-likeness (QED) is 0.286. The molecule has 0 saturated carbocycles. The van der Waals surface area contributed by atoms with Crippen molar-refractivity contribution in [2.75, 3.05) is 5.32 Å². The van der Waals surface area contributed by atoms with Crippen molar-refractivity contribution in [3.63, 3.8) is 0 Å². The van der Waals surface area contributed by atoms with Crippen LogP contribution in [-0.4, -0.2) is 26.6 Å². The van der Waals surface area contributed by atoms with Crippen molar-refractivity contribution in [2.45, 2.75) is 20.3 Å². The molecule has 0 radical (unpaired) electrons. The molecule has 5 rings (SSSR count). The third kappa shape index (κ3) is 4.36. The van der Waals surface area contributed by atoms with E-state index in [0.717, 1.165) is 22.6 Å². The Morgan fingerprint density at radius 3 is 2.30 bits per heavy atom. The van der Waals surface area contributed by atoms with Gasteiger partial charge in [0.05, 0.1) is 22.6 Å². The third-order valence-corrected chi connectivity index (χ3v) is 7.05. The van der Waals surface area contributed by atoms with Gasteiger partial charge in [-0.05, 0) is 37.6 Å². The molecular weight excluding hydrogens is 496 g/mol. The molecule has 3 N–H and O–H groups in total. The number of anilines is 1. The number of para-hydroxylation sites is 1. The lowest BCUT2D eigenvalue weighted by Gasteiger charge is -2.10. The lowest BCUT2D eigenvalue weighted by molar-refractivity contribution is 0.100. The number of aryl methyl sites for hydroxylation is 1. The number of carbonyl (C=O) groups is 2. The van der Waals surface area contributed by atoms with E-state index in [4.69, 9.17) is 10.8 Å². The van der Waals surface area contributed by atoms with Gasteiger partial charge in [-0.15, -0.1) is 11.3 Å². The molecule has 0 aliphatic carbocycles. The van der Waals surface area contributed by atoms with Gasteiger partial charge in [0, 0.05) is 10.9 Å². The first-order valence-electron chi connectivity index (χ1n) is 11.3. The Labute approximate surface area is 214 Å². The van der Waals surface area contributed by atoms with Crippen LogP contribution >= 0.6 is 11.3 Å². The number of aromatic nitrogens is 3. The van der Waals surface area contributed by atoms with E-state index < -0.39 is 23.9 Å². The molecule has 0 unspecified atom stereocenters. The zero-order valence-corrected chi connectivity index (χ0v) is 20.6. The Morgan fingerprint density at radius 1 is 1.03 bits per heavy atom. The Hall–Kier alpha value is -4.44. The Kier molecular flexibility index (Phi) is 6.26. The smallest absolute Gasteiger partial charge is 0.280 e. The number of halogens is 2. The number of primary amides is 1. The highest BCUT2D eigenvalue weighted by Gasteiger charge is 2.27. The van der Waals surface area contributed by atoms with Gasteiger partial charge in [-0.3, -0.25) is 9.59 Å². The molecule has 0 atom stereocenters. The van der Waals surface area contributed by atoms with E-state index in [1.807, 2.05) is 60.7 Å². The summed E-state index contributed by atoms with van der Waals surface area (Å²) in [5.41, 5.74) is 8.62. The van der Waals surface area contributed by atoms with Crippen LogP contribution in [0.3, 0.4) is 0 Å². The van der Waals surface area contributed by atoms with E-state index in [2.05, 4.69) is 10.3 Å². The van der Waals surface area contributed by atoms with E-state index in [0.29, 0.717) is 27.9 Å². The van der Waals surface area contributed by atoms with Crippen LogP contribution in [0.1, 0.15) is 43.4 Å². The van der Waals surface area contributed by atoms with Crippen LogP contribution in [0, 0.1) is 13.8 Å². The number of nitrogens with two attached hydrogens (primary N) is 1. The molecule has 0 aliphatic heterocycles. The number of hydrogen-bond donors (Lipinski definition) is 2. The van der Waals surface area contributed by atoms with Crippen molar-refractivity contribution in [3.8, 4) is 16.9 Å². The summed E-state index contributed by atoms with van der Waals surface area (Å²) in [6, 6.07) is 19.9. The normalized spacial score (nSPS) is 11.3. The monoisotopic (exact) mass is 517 g/mol. The first-order valence-corrected chi connectivity index (χ1v) is 12.1. The Balaban J connectivity index is 1.67. The highest BCUT2D eigenvalue weighted by atomic mass is 32.1. The van der Waals surface area contributed by atoms with Crippen molar-refractivity contribution in [3.05, 3.63) is 94.1 Å². The van der Waals surface area contributed by atoms with Gasteiger partial charge in [0.15, 0.2) is 0 Å². The van der Waals surface area contributed by atoms with Gasteiger partial charge in [0.1, 0.15) is 21.1 Å². The van der Waals surface area contributed by atoms with Crippen LogP contribution in [0.5, 0.6) is 0 Å². The number of rotatable bonds is 6. The standard InChI is InChI=1S/C27H21F2N5O2S/c1-14-13-18(24(28)29)31-27-19(14)22(23(37-27)25(30)35)32-26(36)20-15(2)34(17-11-7-4-8-12-17)33-21(20)16-9-5-3-6-10-16/h3-13,24H,1-2H3,(H2,30,35)(H,32,36). The van der Waals surface area contributed by atoms with Crippen LogP contribution in [0.25, 0.3) is 27.2 Å². The number of pyridine rings is 1. The maximum Gasteiger partial charge on any atom is 0.280 e. The molecule has 2 aromatic carbocycles. The lowest BCUT2D eigenvalue weighted by Crippen LogP contribution is -2.18. The number of fused-ring (bicyclic) bond motifs is 1. The summed E-state index contributed by atoms with van der Waals surface area (Å²) in [4.78, 5) is 30.3. The molecule has 0 fully saturated rings. The Bertz CT molecular complexity index is 1650. The summed E-state index contributed by atoms with van der Waals surface area (Å²) in [5.74, 6) is -1.31. The number of nitrogens with zero attached hydrogens (tertiary/aromatic N) is 3. The molecule has 3 aromatic heterocycles. The van der Waals surface area contributed by atoms with Crippen molar-refractivity contribution in [1.82, 2.24) is 14.8 Å². The zero-order chi connectivity index (χ0) is 26.3. The summed E-state index contributed by atoms with van der Waals surface area (Å²) in [7, 11) is 0. The van der Waals surface area contributed by atoms with Gasteiger partial charge in [-0.25, -0.2) is 18.4 Å². The molecule has 7 nitrogen and oxygen atoms in total.